The predicted molar refractivity (Wildman–Crippen MR) is 263 cm³/mol. The number of anilines is 3. The molecule has 68 heavy (non-hydrogen) atoms. The van der Waals surface area contributed by atoms with Crippen molar-refractivity contribution in [3.63, 3.8) is 0 Å². The van der Waals surface area contributed by atoms with Gasteiger partial charge in [0.15, 0.2) is 17.5 Å². The molecule has 4 aromatic rings. The van der Waals surface area contributed by atoms with Crippen molar-refractivity contribution in [1.29, 1.82) is 0 Å². The highest BCUT2D eigenvalue weighted by Crippen LogP contribution is 2.26. The lowest BCUT2D eigenvalue weighted by Crippen LogP contribution is -2.53. The van der Waals surface area contributed by atoms with E-state index in [9.17, 15) is 50.4 Å². The monoisotopic (exact) mass is 1060 g/mol. The van der Waals surface area contributed by atoms with Gasteiger partial charge in [-0.15, -0.1) is 0 Å². The van der Waals surface area contributed by atoms with E-state index in [1.54, 1.807) is 24.3 Å². The summed E-state index contributed by atoms with van der Waals surface area (Å²) in [5.74, 6) is -1.04. The Hall–Kier alpha value is -4.74. The number of nitrogen functional groups attached to an aromatic ring is 2. The van der Waals surface area contributed by atoms with E-state index in [0.29, 0.717) is 41.6 Å². The molecule has 0 aliphatic rings. The molecule has 0 spiro atoms. The molecule has 0 unspecified atom stereocenters. The van der Waals surface area contributed by atoms with Gasteiger partial charge in [0.1, 0.15) is 42.4 Å². The van der Waals surface area contributed by atoms with Gasteiger partial charge in [0.2, 0.25) is 5.91 Å². The average molecular weight is 1060 g/mol. The molecule has 0 aliphatic carbocycles. The summed E-state index contributed by atoms with van der Waals surface area (Å²) in [4.78, 5) is 39.8. The molecule has 9 atom stereocenters. The van der Waals surface area contributed by atoms with Crippen LogP contribution in [0.4, 0.5) is 17.3 Å². The zero-order valence-corrected chi connectivity index (χ0v) is 39.6. The second kappa shape index (κ2) is 27.4. The van der Waals surface area contributed by atoms with Gasteiger partial charge in [-0.1, -0.05) is 71.1 Å². The molecule has 0 radical (unpaired) electrons. The third kappa shape index (κ3) is 16.2. The Labute approximate surface area is 406 Å². The van der Waals surface area contributed by atoms with Gasteiger partial charge in [-0.05, 0) is 84.7 Å². The fraction of sp³-hybridized carbons (Fsp3) is 0.489. The lowest BCUT2D eigenvalue weighted by molar-refractivity contribution is -0.130. The van der Waals surface area contributed by atoms with Gasteiger partial charge in [-0.2, -0.15) is 0 Å². The molecule has 0 bridgehead atoms. The molecule has 2 amide bonds. The predicted octanol–water partition coefficient (Wildman–Crippen LogP) is -2.59. The molecule has 1 aromatic heterocycles. The lowest BCUT2D eigenvalue weighted by Gasteiger charge is -2.33. The number of hydrogen-bond acceptors (Lipinski definition) is 19. The van der Waals surface area contributed by atoms with Crippen molar-refractivity contribution >= 4 is 68.5 Å². The van der Waals surface area contributed by atoms with Gasteiger partial charge in [-0.3, -0.25) is 24.8 Å². The van der Waals surface area contributed by atoms with E-state index in [1.165, 1.54) is 4.90 Å². The van der Waals surface area contributed by atoms with Crippen LogP contribution >= 0.6 is 22.6 Å². The summed E-state index contributed by atoms with van der Waals surface area (Å²) < 4.78 is 0.444. The van der Waals surface area contributed by atoms with Crippen LogP contribution in [0, 0.1) is 0 Å². The van der Waals surface area contributed by atoms with Crippen molar-refractivity contribution in [3.8, 4) is 0 Å². The molecule has 1 heterocycles. The highest BCUT2D eigenvalue weighted by Gasteiger charge is 2.34. The Bertz CT molecular complexity index is 2230. The quantitative estimate of drug-likeness (QED) is 0.00958. The Morgan fingerprint density at radius 1 is 0.706 bits per heavy atom. The van der Waals surface area contributed by atoms with Crippen LogP contribution in [0.3, 0.4) is 0 Å². The summed E-state index contributed by atoms with van der Waals surface area (Å²) in [6.45, 7) is -1.97. The summed E-state index contributed by atoms with van der Waals surface area (Å²) in [5, 5.41) is 107. The molecule has 0 saturated carbocycles. The van der Waals surface area contributed by atoms with E-state index in [-0.39, 0.29) is 55.3 Å². The zero-order chi connectivity index (χ0) is 50.1. The molecule has 374 valence electrons. The number of unbranched alkanes of at least 4 members (excludes halogenated alkanes) is 1. The van der Waals surface area contributed by atoms with Crippen LogP contribution in [-0.4, -0.2) is 178 Å². The number of aliphatic hydroxyl groups excluding tert-OH is 10. The molecule has 4 rings (SSSR count). The highest BCUT2D eigenvalue weighted by molar-refractivity contribution is 14.1. The smallest absolute Gasteiger partial charge is 0.280 e. The number of aromatic nitrogens is 2. The largest absolute Gasteiger partial charge is 0.394 e. The molecular weight excluding hydrogens is 999 g/mol. The van der Waals surface area contributed by atoms with Gasteiger partial charge in [0.05, 0.1) is 37.2 Å². The van der Waals surface area contributed by atoms with Gasteiger partial charge in [-0.25, -0.2) is 9.97 Å². The maximum absolute atomic E-state index is 13.3. The minimum absolute atomic E-state index is 0.0703. The number of carbonyl (C=O) groups excluding carboxylic acids is 2. The fourth-order valence-electron chi connectivity index (χ4n) is 7.38. The first-order valence-electron chi connectivity index (χ1n) is 22.0. The number of aliphatic imine (C=N–C) groups is 1. The number of benzene rings is 3. The fourth-order valence-corrected chi connectivity index (χ4v) is 7.94. The Kier molecular flexibility index (Phi) is 22.5. The van der Waals surface area contributed by atoms with Crippen LogP contribution in [0.5, 0.6) is 0 Å². The number of fused-ring (bicyclic) bond motifs is 1. The second-order valence-electron chi connectivity index (χ2n) is 16.5. The number of halogens is 1. The summed E-state index contributed by atoms with van der Waals surface area (Å²) >= 11 is 2.06. The van der Waals surface area contributed by atoms with Crippen LogP contribution in [0.25, 0.3) is 10.8 Å². The molecule has 0 aliphatic heterocycles. The van der Waals surface area contributed by atoms with E-state index in [2.05, 4.69) is 48.2 Å². The molecule has 3 aromatic carbocycles. The molecule has 22 nitrogen and oxygen atoms in total. The number of aryl methyl sites for hydroxylation is 2. The number of guanidine groups is 1. The van der Waals surface area contributed by atoms with Crippen LogP contribution < -0.4 is 33.6 Å². The number of carbonyl (C=O) groups is 2. The summed E-state index contributed by atoms with van der Waals surface area (Å²) in [7, 11) is 0. The minimum Gasteiger partial charge on any atom is -0.394 e. The number of alkyl halides is 1. The molecule has 20 N–H and O–H groups in total. The van der Waals surface area contributed by atoms with Crippen LogP contribution in [-0.2, 0) is 28.5 Å². The molecule has 23 heteroatoms. The second-order valence-corrected chi connectivity index (χ2v) is 17.3. The number of nitrogens with one attached hydrogen (secondary N) is 2. The van der Waals surface area contributed by atoms with Crippen molar-refractivity contribution in [2.24, 2.45) is 16.5 Å². The van der Waals surface area contributed by atoms with Crippen molar-refractivity contribution in [2.45, 2.75) is 97.8 Å². The first kappa shape index (κ1) is 55.9. The number of nitrogens with zero attached hydrogens (tertiary/aromatic N) is 4. The van der Waals surface area contributed by atoms with E-state index in [4.69, 9.17) is 33.1 Å². The maximum atomic E-state index is 13.3. The van der Waals surface area contributed by atoms with E-state index < -0.39 is 74.0 Å². The van der Waals surface area contributed by atoms with Crippen LogP contribution in [0.2, 0.25) is 0 Å². The summed E-state index contributed by atoms with van der Waals surface area (Å²) in [6, 6.07) is 18.0. The first-order chi connectivity index (χ1) is 32.4. The van der Waals surface area contributed by atoms with Gasteiger partial charge < -0.3 is 79.3 Å². The van der Waals surface area contributed by atoms with E-state index in [1.807, 2.05) is 36.4 Å². The third-order valence-corrected chi connectivity index (χ3v) is 12.1. The zero-order valence-electron chi connectivity index (χ0n) is 37.4. The number of nitrogens with two attached hydrogens (primary N) is 4. The Morgan fingerprint density at radius 3 is 1.84 bits per heavy atom. The Balaban J connectivity index is 1.29. The van der Waals surface area contributed by atoms with Crippen molar-refractivity contribution in [2.75, 3.05) is 56.2 Å². The van der Waals surface area contributed by atoms with Crippen molar-refractivity contribution in [3.05, 3.63) is 88.7 Å². The summed E-state index contributed by atoms with van der Waals surface area (Å²) in [6.07, 6.45) is -11.0. The van der Waals surface area contributed by atoms with Crippen molar-refractivity contribution in [1.82, 2.24) is 20.2 Å². The molecule has 0 saturated heterocycles. The number of amides is 2. The van der Waals surface area contributed by atoms with Crippen molar-refractivity contribution < 1.29 is 60.7 Å². The standard InChI is InChI=1S/C45H65IN10O12/c46-19-31-41(48)54-42(49)36(53-31)44(68)55-45(50)51-16-4-3-7-25-12-13-26(29-9-2-1-8-28(25)29)18-30(47)43(67)52-27-14-10-24(11-15-27)6-5-17-56(20-32(59)37(63)39(65)34(61)22-57)21-33(60)38(64)40(66)35(62)23-58/h1-2,8-15,30,32-35,37-40,57-66H,3-7,16-23,47H2,(H,52,67)(H4,48,49,54)(H3,50,51,55,68)/t30-,32-,33-,34+,35+,37+,38+,39+,40+/m0/s1. The lowest BCUT2D eigenvalue weighted by atomic mass is 9.93. The van der Waals surface area contributed by atoms with Crippen LogP contribution in [0.15, 0.2) is 65.7 Å². The topological polar surface area (TPSA) is 406 Å². The third-order valence-electron chi connectivity index (χ3n) is 11.3. The normalized spacial score (nSPS) is 16.1. The minimum atomic E-state index is -1.89. The van der Waals surface area contributed by atoms with E-state index >= 15 is 0 Å². The van der Waals surface area contributed by atoms with Gasteiger partial charge in [0, 0.05) is 29.7 Å². The number of aliphatic hydroxyl groups is 10. The number of hydrogen-bond donors (Lipinski definition) is 16. The van der Waals surface area contributed by atoms with Gasteiger partial charge >= 0.3 is 0 Å². The van der Waals surface area contributed by atoms with Gasteiger partial charge in [0.25, 0.3) is 5.91 Å². The molecule has 0 fully saturated rings. The van der Waals surface area contributed by atoms with Crippen LogP contribution in [0.1, 0.15) is 52.1 Å². The molecular formula is C45H65IN10O12. The van der Waals surface area contributed by atoms with E-state index in [0.717, 1.165) is 40.3 Å². The maximum Gasteiger partial charge on any atom is 0.280 e. The SMILES string of the molecule is NC(=NCCCCc1ccc(C[C@H](N)C(=O)Nc2ccc(CCCN(C[C@H](O)[C@@H](O)[C@H](O)[C@H](O)CO)C[C@H](O)[C@@H](O)[C@H](O)[C@H](O)CO)cc2)c2ccccc12)NC(=O)c1nc(CI)c(N)nc1N. The highest BCUT2D eigenvalue weighted by atomic mass is 127. The summed E-state index contributed by atoms with van der Waals surface area (Å²) in [5.41, 5.74) is 27.8. The Morgan fingerprint density at radius 2 is 1.26 bits per heavy atom. The number of rotatable bonds is 27. The first-order valence-corrected chi connectivity index (χ1v) is 23.5. The average Bonchev–Trinajstić information content (AvgIpc) is 3.33.